The van der Waals surface area contributed by atoms with Crippen LogP contribution in [0.2, 0.25) is 0 Å². The summed E-state index contributed by atoms with van der Waals surface area (Å²) in [6.45, 7) is 4.65. The maximum Gasteiger partial charge on any atom is 0.246 e. The highest BCUT2D eigenvalue weighted by Crippen LogP contribution is 2.65. The number of Topliss-reactive ketones (excluding diaryl/α,β-unsaturated/α-hetero) is 1. The van der Waals surface area contributed by atoms with Gasteiger partial charge in [0.05, 0.1) is 0 Å². The van der Waals surface area contributed by atoms with E-state index in [9.17, 15) is 19.8 Å². The SMILES string of the molecule is CN1C(=O)C=C[C@@]2(C)C1CC[C@@H]1[C@H]2CC[C@]2(C)C(C(=O)c3ccc(O)c(O)c3)CC[C@@H]12. The lowest BCUT2D eigenvalue weighted by Gasteiger charge is -2.60. The number of amides is 1. The van der Waals surface area contributed by atoms with Crippen LogP contribution in [0.1, 0.15) is 62.7 Å². The summed E-state index contributed by atoms with van der Waals surface area (Å²) in [4.78, 5) is 27.7. The Morgan fingerprint density at radius 1 is 1.03 bits per heavy atom. The predicted molar refractivity (Wildman–Crippen MR) is 118 cm³/mol. The van der Waals surface area contributed by atoms with Crippen LogP contribution in [0.15, 0.2) is 30.4 Å². The van der Waals surface area contributed by atoms with Gasteiger partial charge in [0.15, 0.2) is 17.3 Å². The molecule has 4 aliphatic rings. The van der Waals surface area contributed by atoms with Crippen LogP contribution in [-0.4, -0.2) is 39.9 Å². The van der Waals surface area contributed by atoms with E-state index in [1.165, 1.54) is 12.1 Å². The van der Waals surface area contributed by atoms with Crippen molar-refractivity contribution in [3.05, 3.63) is 35.9 Å². The normalized spacial score (nSPS) is 41.5. The Bertz CT molecular complexity index is 970. The quantitative estimate of drug-likeness (QED) is 0.541. The van der Waals surface area contributed by atoms with Gasteiger partial charge in [0, 0.05) is 30.0 Å². The average Bonchev–Trinajstić information content (AvgIpc) is 3.10. The fourth-order valence-corrected chi connectivity index (χ4v) is 8.05. The third kappa shape index (κ3) is 2.81. The summed E-state index contributed by atoms with van der Waals surface area (Å²) in [5, 5.41) is 19.5. The van der Waals surface area contributed by atoms with Gasteiger partial charge in [-0.3, -0.25) is 9.59 Å². The molecule has 3 saturated carbocycles. The molecule has 166 valence electrons. The van der Waals surface area contributed by atoms with Crippen molar-refractivity contribution in [3.8, 4) is 11.5 Å². The Balaban J connectivity index is 1.43. The Labute approximate surface area is 184 Å². The number of likely N-dealkylation sites (N-methyl/N-ethyl adjacent to an activating group) is 1. The number of aromatic hydroxyl groups is 2. The van der Waals surface area contributed by atoms with Crippen molar-refractivity contribution in [1.82, 2.24) is 4.90 Å². The van der Waals surface area contributed by atoms with Crippen LogP contribution in [0.3, 0.4) is 0 Å². The van der Waals surface area contributed by atoms with E-state index in [1.54, 1.807) is 12.1 Å². The number of phenols is 2. The average molecular weight is 424 g/mol. The minimum Gasteiger partial charge on any atom is -0.504 e. The number of hydrogen-bond donors (Lipinski definition) is 2. The maximum absolute atomic E-state index is 13.5. The lowest BCUT2D eigenvalue weighted by Crippen LogP contribution is -2.59. The molecule has 1 aromatic rings. The first-order chi connectivity index (χ1) is 14.7. The molecule has 1 aromatic carbocycles. The Kier molecular flexibility index (Phi) is 4.55. The van der Waals surface area contributed by atoms with Crippen LogP contribution in [0, 0.1) is 34.5 Å². The zero-order valence-corrected chi connectivity index (χ0v) is 18.7. The highest BCUT2D eigenvalue weighted by Gasteiger charge is 2.61. The molecule has 0 saturated heterocycles. The van der Waals surface area contributed by atoms with E-state index in [0.29, 0.717) is 23.3 Å². The van der Waals surface area contributed by atoms with E-state index in [-0.39, 0.29) is 46.0 Å². The molecule has 31 heavy (non-hydrogen) atoms. The van der Waals surface area contributed by atoms with Crippen molar-refractivity contribution < 1.29 is 19.8 Å². The van der Waals surface area contributed by atoms with Gasteiger partial charge in [-0.2, -0.15) is 0 Å². The van der Waals surface area contributed by atoms with Crippen LogP contribution in [-0.2, 0) is 4.79 Å². The van der Waals surface area contributed by atoms with Crippen molar-refractivity contribution >= 4 is 11.7 Å². The molecule has 5 rings (SSSR count). The van der Waals surface area contributed by atoms with Crippen LogP contribution >= 0.6 is 0 Å². The number of rotatable bonds is 2. The fraction of sp³-hybridized carbons (Fsp3) is 0.615. The summed E-state index contributed by atoms with van der Waals surface area (Å²) >= 11 is 0. The predicted octanol–water partition coefficient (Wildman–Crippen LogP) is 4.54. The summed E-state index contributed by atoms with van der Waals surface area (Å²) < 4.78 is 0. The molecule has 2 unspecified atom stereocenters. The van der Waals surface area contributed by atoms with Crippen LogP contribution in [0.25, 0.3) is 0 Å². The van der Waals surface area contributed by atoms with Gasteiger partial charge in [0.1, 0.15) is 0 Å². The number of phenolic OH excluding ortho intramolecular Hbond substituents is 2. The number of carbonyl (C=O) groups excluding carboxylic acids is 2. The van der Waals surface area contributed by atoms with Gasteiger partial charge >= 0.3 is 0 Å². The van der Waals surface area contributed by atoms with Gasteiger partial charge in [-0.25, -0.2) is 0 Å². The molecule has 5 heteroatoms. The van der Waals surface area contributed by atoms with E-state index in [1.807, 2.05) is 11.9 Å². The Hall–Kier alpha value is -2.30. The molecule has 2 N–H and O–H groups in total. The number of benzene rings is 1. The molecule has 1 heterocycles. The smallest absolute Gasteiger partial charge is 0.246 e. The molecule has 0 bridgehead atoms. The summed E-state index contributed by atoms with van der Waals surface area (Å²) in [6, 6.07) is 4.72. The second-order valence-corrected chi connectivity index (χ2v) is 10.9. The van der Waals surface area contributed by atoms with Gasteiger partial charge in [-0.1, -0.05) is 19.9 Å². The molecule has 5 nitrogen and oxygen atoms in total. The van der Waals surface area contributed by atoms with Crippen molar-refractivity contribution in [3.63, 3.8) is 0 Å². The monoisotopic (exact) mass is 423 g/mol. The van der Waals surface area contributed by atoms with Crippen molar-refractivity contribution in [2.75, 3.05) is 7.05 Å². The van der Waals surface area contributed by atoms with Crippen molar-refractivity contribution in [1.29, 1.82) is 0 Å². The molecule has 7 atom stereocenters. The third-order valence-corrected chi connectivity index (χ3v) is 9.70. The number of hydrogen-bond acceptors (Lipinski definition) is 4. The standard InChI is InChI=1S/C26H33NO4/c1-25-12-10-18-16(5-9-22-26(18,2)13-11-23(30)27(22)3)17(25)6-7-19(25)24(31)15-4-8-20(28)21(29)14-15/h4,8,11,13-14,16-19,22,28-29H,5-7,9-10,12H2,1-3H3/t16-,17-,18+,19?,22?,25-,26+/m0/s1. The number of ketones is 1. The molecular formula is C26H33NO4. The molecule has 1 amide bonds. The van der Waals surface area contributed by atoms with Gasteiger partial charge < -0.3 is 15.1 Å². The fourth-order valence-electron chi connectivity index (χ4n) is 8.05. The number of fused-ring (bicyclic) bond motifs is 5. The van der Waals surface area contributed by atoms with Gasteiger partial charge in [-0.15, -0.1) is 0 Å². The van der Waals surface area contributed by atoms with Gasteiger partial charge in [0.2, 0.25) is 5.91 Å². The van der Waals surface area contributed by atoms with Crippen LogP contribution < -0.4 is 0 Å². The molecule has 3 aliphatic carbocycles. The molecule has 1 aliphatic heterocycles. The summed E-state index contributed by atoms with van der Waals surface area (Å²) in [5.41, 5.74) is 0.475. The number of carbonyl (C=O) groups is 2. The Morgan fingerprint density at radius 2 is 1.81 bits per heavy atom. The molecule has 0 radical (unpaired) electrons. The zero-order chi connectivity index (χ0) is 22.1. The lowest BCUT2D eigenvalue weighted by molar-refractivity contribution is -0.138. The van der Waals surface area contributed by atoms with Gasteiger partial charge in [-0.05, 0) is 86.0 Å². The molecule has 3 fully saturated rings. The van der Waals surface area contributed by atoms with E-state index < -0.39 is 0 Å². The van der Waals surface area contributed by atoms with Gasteiger partial charge in [0.25, 0.3) is 0 Å². The molecule has 0 aromatic heterocycles. The highest BCUT2D eigenvalue weighted by molar-refractivity contribution is 5.99. The van der Waals surface area contributed by atoms with E-state index in [2.05, 4.69) is 19.9 Å². The minimum atomic E-state index is -0.233. The third-order valence-electron chi connectivity index (χ3n) is 9.70. The van der Waals surface area contributed by atoms with E-state index in [4.69, 9.17) is 0 Å². The van der Waals surface area contributed by atoms with E-state index in [0.717, 1.165) is 38.5 Å². The Morgan fingerprint density at radius 3 is 2.55 bits per heavy atom. The second kappa shape index (κ2) is 6.85. The zero-order valence-electron chi connectivity index (χ0n) is 18.7. The topological polar surface area (TPSA) is 77.8 Å². The minimum absolute atomic E-state index is 0.0117. The summed E-state index contributed by atoms with van der Waals surface area (Å²) in [6.07, 6.45) is 10.2. The maximum atomic E-state index is 13.5. The first kappa shape index (κ1) is 20.6. The van der Waals surface area contributed by atoms with E-state index >= 15 is 0 Å². The van der Waals surface area contributed by atoms with Crippen LogP contribution in [0.5, 0.6) is 11.5 Å². The lowest BCUT2D eigenvalue weighted by atomic mass is 9.47. The largest absolute Gasteiger partial charge is 0.504 e. The number of nitrogens with zero attached hydrogens (tertiary/aromatic N) is 1. The van der Waals surface area contributed by atoms with Crippen LogP contribution in [0.4, 0.5) is 0 Å². The molecular weight excluding hydrogens is 390 g/mol. The molecule has 0 spiro atoms. The first-order valence-corrected chi connectivity index (χ1v) is 11.7. The summed E-state index contributed by atoms with van der Waals surface area (Å²) in [5.74, 6) is 1.38. The van der Waals surface area contributed by atoms with Crippen molar-refractivity contribution in [2.24, 2.45) is 34.5 Å². The second-order valence-electron chi connectivity index (χ2n) is 10.9. The summed E-state index contributed by atoms with van der Waals surface area (Å²) in [7, 11) is 1.94. The first-order valence-electron chi connectivity index (χ1n) is 11.7. The van der Waals surface area contributed by atoms with Crippen molar-refractivity contribution in [2.45, 2.75) is 58.4 Å². The highest BCUT2D eigenvalue weighted by atomic mass is 16.3.